The summed E-state index contributed by atoms with van der Waals surface area (Å²) in [5.74, 6) is -1.38. The van der Waals surface area contributed by atoms with Gasteiger partial charge in [0.2, 0.25) is 5.91 Å². The Morgan fingerprint density at radius 1 is 1.48 bits per heavy atom. The molecule has 1 amide bonds. The molecular weight excluding hydrogens is 290 g/mol. The van der Waals surface area contributed by atoms with Crippen LogP contribution < -0.4 is 5.73 Å². The van der Waals surface area contributed by atoms with E-state index in [-0.39, 0.29) is 18.2 Å². The predicted molar refractivity (Wildman–Crippen MR) is 81.4 cm³/mol. The number of primary amides is 1. The molecule has 0 saturated carbocycles. The number of nitrogens with two attached hydrogens (primary N) is 1. The number of aliphatic carboxylic acids is 1. The van der Waals surface area contributed by atoms with Gasteiger partial charge in [0.05, 0.1) is 16.8 Å². The number of carbonyl (C=O) groups is 2. The summed E-state index contributed by atoms with van der Waals surface area (Å²) in [6, 6.07) is 5.66. The first-order valence-corrected chi connectivity index (χ1v) is 7.48. The van der Waals surface area contributed by atoms with Gasteiger partial charge in [-0.3, -0.25) is 9.59 Å². The molecule has 1 atom stereocenters. The van der Waals surface area contributed by atoms with Gasteiger partial charge in [-0.1, -0.05) is 17.8 Å². The van der Waals surface area contributed by atoms with Gasteiger partial charge in [0.25, 0.3) is 0 Å². The third-order valence-corrected chi connectivity index (χ3v) is 4.01. The molecule has 2 aromatic rings. The van der Waals surface area contributed by atoms with Crippen molar-refractivity contribution in [1.82, 2.24) is 9.55 Å². The standard InChI is InChI=1S/C14H17N3O3S/c1-8-3-4-11-10(5-8)16-14(21-7-13(19)20)17(11)9(2)6-12(15)18/h3-5,9H,6-7H2,1-2H3,(H2,15,18)(H,19,20). The first-order chi connectivity index (χ1) is 9.88. The van der Waals surface area contributed by atoms with Crippen LogP contribution in [0.15, 0.2) is 23.4 Å². The average molecular weight is 307 g/mol. The van der Waals surface area contributed by atoms with E-state index in [4.69, 9.17) is 10.8 Å². The molecule has 1 aromatic carbocycles. The Balaban J connectivity index is 2.48. The van der Waals surface area contributed by atoms with Crippen LogP contribution in [0.25, 0.3) is 11.0 Å². The molecule has 1 unspecified atom stereocenters. The van der Waals surface area contributed by atoms with Crippen LogP contribution in [0, 0.1) is 6.92 Å². The van der Waals surface area contributed by atoms with Crippen LogP contribution >= 0.6 is 11.8 Å². The number of hydrogen-bond acceptors (Lipinski definition) is 4. The van der Waals surface area contributed by atoms with Crippen LogP contribution in [-0.4, -0.2) is 32.3 Å². The van der Waals surface area contributed by atoms with E-state index in [2.05, 4.69) is 4.98 Å². The van der Waals surface area contributed by atoms with E-state index in [0.29, 0.717) is 5.16 Å². The number of rotatable bonds is 6. The molecule has 0 aliphatic heterocycles. The molecule has 3 N–H and O–H groups in total. The highest BCUT2D eigenvalue weighted by molar-refractivity contribution is 7.99. The van der Waals surface area contributed by atoms with Gasteiger partial charge in [-0.15, -0.1) is 0 Å². The Labute approximate surface area is 126 Å². The molecule has 0 radical (unpaired) electrons. The van der Waals surface area contributed by atoms with Gasteiger partial charge in [0, 0.05) is 12.5 Å². The second kappa shape index (κ2) is 6.17. The zero-order chi connectivity index (χ0) is 15.6. The Kier molecular flexibility index (Phi) is 4.52. The number of amides is 1. The van der Waals surface area contributed by atoms with Crippen molar-refractivity contribution in [2.45, 2.75) is 31.5 Å². The van der Waals surface area contributed by atoms with Crippen LogP contribution in [0.3, 0.4) is 0 Å². The van der Waals surface area contributed by atoms with Crippen molar-refractivity contribution < 1.29 is 14.7 Å². The first kappa shape index (κ1) is 15.4. The maximum atomic E-state index is 11.2. The topological polar surface area (TPSA) is 98.2 Å². The van der Waals surface area contributed by atoms with Gasteiger partial charge in [0.15, 0.2) is 5.16 Å². The molecule has 1 heterocycles. The average Bonchev–Trinajstić information content (AvgIpc) is 2.72. The van der Waals surface area contributed by atoms with Gasteiger partial charge in [-0.05, 0) is 31.5 Å². The lowest BCUT2D eigenvalue weighted by Gasteiger charge is -2.15. The van der Waals surface area contributed by atoms with E-state index in [1.165, 1.54) is 0 Å². The summed E-state index contributed by atoms with van der Waals surface area (Å²) >= 11 is 1.14. The maximum Gasteiger partial charge on any atom is 0.313 e. The van der Waals surface area contributed by atoms with Crippen molar-refractivity contribution in [1.29, 1.82) is 0 Å². The minimum absolute atomic E-state index is 0.0778. The van der Waals surface area contributed by atoms with E-state index >= 15 is 0 Å². The van der Waals surface area contributed by atoms with E-state index in [9.17, 15) is 9.59 Å². The van der Waals surface area contributed by atoms with Crippen molar-refractivity contribution in [2.24, 2.45) is 5.73 Å². The Morgan fingerprint density at radius 3 is 2.81 bits per heavy atom. The Bertz CT molecular complexity index is 696. The van der Waals surface area contributed by atoms with Crippen molar-refractivity contribution >= 4 is 34.7 Å². The fourth-order valence-corrected chi connectivity index (χ4v) is 3.06. The molecule has 6 nitrogen and oxygen atoms in total. The number of nitrogens with zero attached hydrogens (tertiary/aromatic N) is 2. The van der Waals surface area contributed by atoms with Crippen LogP contribution in [0.1, 0.15) is 24.9 Å². The summed E-state index contributed by atoms with van der Waals surface area (Å²) < 4.78 is 1.88. The lowest BCUT2D eigenvalue weighted by atomic mass is 10.2. The summed E-state index contributed by atoms with van der Waals surface area (Å²) in [5.41, 5.74) is 8.01. The first-order valence-electron chi connectivity index (χ1n) is 6.50. The second-order valence-electron chi connectivity index (χ2n) is 4.96. The summed E-state index contributed by atoms with van der Waals surface area (Å²) in [6.45, 7) is 3.84. The third kappa shape index (κ3) is 3.55. The molecule has 21 heavy (non-hydrogen) atoms. The molecule has 1 aromatic heterocycles. The van der Waals surface area contributed by atoms with Crippen LogP contribution in [0.5, 0.6) is 0 Å². The van der Waals surface area contributed by atoms with Crippen LogP contribution in [0.4, 0.5) is 0 Å². The van der Waals surface area contributed by atoms with E-state index in [0.717, 1.165) is 28.4 Å². The molecule has 2 rings (SSSR count). The summed E-state index contributed by atoms with van der Waals surface area (Å²) in [7, 11) is 0. The molecule has 0 aliphatic carbocycles. The quantitative estimate of drug-likeness (QED) is 0.795. The van der Waals surface area contributed by atoms with Gasteiger partial charge < -0.3 is 15.4 Å². The van der Waals surface area contributed by atoms with Crippen molar-refractivity contribution in [3.8, 4) is 0 Å². The van der Waals surface area contributed by atoms with E-state index in [1.54, 1.807) is 0 Å². The highest BCUT2D eigenvalue weighted by atomic mass is 32.2. The lowest BCUT2D eigenvalue weighted by Crippen LogP contribution is -2.18. The molecular formula is C14H17N3O3S. The van der Waals surface area contributed by atoms with E-state index < -0.39 is 11.9 Å². The fourth-order valence-electron chi connectivity index (χ4n) is 2.22. The molecule has 112 valence electrons. The summed E-state index contributed by atoms with van der Waals surface area (Å²) in [5, 5.41) is 9.43. The van der Waals surface area contributed by atoms with Gasteiger partial charge in [0.1, 0.15) is 0 Å². The Hall–Kier alpha value is -2.02. The number of carbonyl (C=O) groups excluding carboxylic acids is 1. The second-order valence-corrected chi connectivity index (χ2v) is 5.90. The monoisotopic (exact) mass is 307 g/mol. The predicted octanol–water partition coefficient (Wildman–Crippen LogP) is 1.96. The number of carboxylic acid groups (broad SMARTS) is 1. The number of thioether (sulfide) groups is 1. The Morgan fingerprint density at radius 2 is 2.19 bits per heavy atom. The maximum absolute atomic E-state index is 11.2. The molecule has 0 bridgehead atoms. The zero-order valence-electron chi connectivity index (χ0n) is 11.9. The SMILES string of the molecule is Cc1ccc2c(c1)nc(SCC(=O)O)n2C(C)CC(N)=O. The molecule has 7 heteroatoms. The van der Waals surface area contributed by atoms with Crippen molar-refractivity contribution in [3.05, 3.63) is 23.8 Å². The molecule has 0 spiro atoms. The number of hydrogen-bond donors (Lipinski definition) is 2. The van der Waals surface area contributed by atoms with Crippen molar-refractivity contribution in [3.63, 3.8) is 0 Å². The zero-order valence-corrected chi connectivity index (χ0v) is 12.7. The smallest absolute Gasteiger partial charge is 0.313 e. The largest absolute Gasteiger partial charge is 0.481 e. The third-order valence-electron chi connectivity index (χ3n) is 3.07. The molecule has 0 saturated heterocycles. The summed E-state index contributed by atoms with van der Waals surface area (Å²) in [6.07, 6.45) is 0.181. The van der Waals surface area contributed by atoms with Gasteiger partial charge in [-0.25, -0.2) is 4.98 Å². The normalized spacial score (nSPS) is 12.5. The van der Waals surface area contributed by atoms with Crippen LogP contribution in [-0.2, 0) is 9.59 Å². The van der Waals surface area contributed by atoms with Crippen molar-refractivity contribution in [2.75, 3.05) is 5.75 Å². The van der Waals surface area contributed by atoms with E-state index in [1.807, 2.05) is 36.6 Å². The van der Waals surface area contributed by atoms with Crippen LogP contribution in [0.2, 0.25) is 0 Å². The van der Waals surface area contributed by atoms with Gasteiger partial charge in [-0.2, -0.15) is 0 Å². The fraction of sp³-hybridized carbons (Fsp3) is 0.357. The minimum atomic E-state index is -0.905. The van der Waals surface area contributed by atoms with Gasteiger partial charge >= 0.3 is 5.97 Å². The summed E-state index contributed by atoms with van der Waals surface area (Å²) in [4.78, 5) is 26.4. The molecule has 0 fully saturated rings. The number of aryl methyl sites for hydroxylation is 1. The highest BCUT2D eigenvalue weighted by Crippen LogP contribution is 2.29. The molecule has 0 aliphatic rings. The number of benzene rings is 1. The highest BCUT2D eigenvalue weighted by Gasteiger charge is 2.18. The number of carboxylic acids is 1. The lowest BCUT2D eigenvalue weighted by molar-refractivity contribution is -0.134. The number of fused-ring (bicyclic) bond motifs is 1. The minimum Gasteiger partial charge on any atom is -0.481 e. The number of aromatic nitrogens is 2. The number of imidazole rings is 1.